The predicted molar refractivity (Wildman–Crippen MR) is 145 cm³/mol. The number of rotatable bonds is 10. The number of aliphatic hydroxyl groups excluding tert-OH is 1. The molecule has 2 heterocycles. The monoisotopic (exact) mass is 569 g/mol. The molecule has 1 saturated heterocycles. The van der Waals surface area contributed by atoms with Gasteiger partial charge in [0, 0.05) is 36.4 Å². The van der Waals surface area contributed by atoms with Crippen molar-refractivity contribution in [3.8, 4) is 0 Å². The van der Waals surface area contributed by atoms with Gasteiger partial charge in [-0.15, -0.1) is 0 Å². The average molecular weight is 570 g/mol. The molecule has 0 bridgehead atoms. The molecule has 2 aliphatic rings. The van der Waals surface area contributed by atoms with Crippen molar-refractivity contribution in [2.45, 2.75) is 51.3 Å². The molecule has 2 aliphatic heterocycles. The quantitative estimate of drug-likeness (QED) is 0.151. The number of ether oxygens (including phenoxy) is 1. The smallest absolute Gasteiger partial charge is 0.360 e. The molecule has 0 radical (unpaired) electrons. The predicted octanol–water partition coefficient (Wildman–Crippen LogP) is 3.00. The molecular weight excluding hydrogens is 538 g/mol. The highest BCUT2D eigenvalue weighted by molar-refractivity contribution is 7.95. The number of carbonyl (C=O) groups excluding carboxylic acids is 3. The molecule has 2 aromatic carbocycles. The molecule has 1 N–H and O–H groups in total. The average Bonchev–Trinajstić information content (AvgIpc) is 3.20. The van der Waals surface area contributed by atoms with Crippen LogP contribution in [0.1, 0.15) is 43.6 Å². The standard InChI is InChI=1S/C28H31N3O8S/c1-5-29(6-2)26(33)20-9-7-8-10-21(20)40(38)25-16(3)23-22(17(4)32)27(34)30(23)24(25)28(35)39-15-18-11-13-19(14-12-18)31(36)37/h7-14,16-17,22-23,32H,5-6,15H2,1-4H3/t16?,17?,22?,23-,40?/m0/s1. The molecule has 0 spiro atoms. The van der Waals surface area contributed by atoms with Crippen molar-refractivity contribution in [1.82, 2.24) is 9.80 Å². The Morgan fingerprint density at radius 3 is 2.35 bits per heavy atom. The van der Waals surface area contributed by atoms with Gasteiger partial charge in [-0.25, -0.2) is 4.79 Å². The molecule has 11 nitrogen and oxygen atoms in total. The number of hydrogen-bond acceptors (Lipinski definition) is 8. The number of non-ortho nitro benzene ring substituents is 1. The third-order valence-electron chi connectivity index (χ3n) is 7.39. The zero-order chi connectivity index (χ0) is 29.3. The Morgan fingerprint density at radius 1 is 1.15 bits per heavy atom. The highest BCUT2D eigenvalue weighted by Crippen LogP contribution is 2.50. The van der Waals surface area contributed by atoms with Crippen molar-refractivity contribution in [2.24, 2.45) is 11.8 Å². The van der Waals surface area contributed by atoms with Gasteiger partial charge in [0.15, 0.2) is 15.5 Å². The summed E-state index contributed by atoms with van der Waals surface area (Å²) >= 11 is -2.01. The number of amides is 2. The van der Waals surface area contributed by atoms with Gasteiger partial charge in [-0.1, -0.05) is 19.1 Å². The first-order chi connectivity index (χ1) is 19.0. The lowest BCUT2D eigenvalue weighted by atomic mass is 9.79. The van der Waals surface area contributed by atoms with Crippen molar-refractivity contribution >= 4 is 34.6 Å². The van der Waals surface area contributed by atoms with Gasteiger partial charge in [-0.05, 0) is 50.6 Å². The normalized spacial score (nSPS) is 21.4. The van der Waals surface area contributed by atoms with E-state index in [1.54, 1.807) is 36.1 Å². The largest absolute Gasteiger partial charge is 0.607 e. The SMILES string of the molecule is CCN(CC)C(=O)c1ccccc1[S+]([O-])C1=C(C(=O)OCc2ccc([N+](=O)[O-])cc2)N2C(=O)C(C(C)O)[C@@H]2C1C. The first-order valence-corrected chi connectivity index (χ1v) is 14.1. The third kappa shape index (κ3) is 5.09. The second-order valence-corrected chi connectivity index (χ2v) is 11.1. The topological polar surface area (TPSA) is 153 Å². The first kappa shape index (κ1) is 29.2. The molecule has 0 saturated carbocycles. The Bertz CT molecular complexity index is 1360. The van der Waals surface area contributed by atoms with Crippen LogP contribution in [0.15, 0.2) is 64.0 Å². The number of benzene rings is 2. The number of β-lactam (4-membered cyclic amide) rings is 1. The number of aliphatic hydroxyl groups is 1. The summed E-state index contributed by atoms with van der Waals surface area (Å²) in [6.07, 6.45) is -0.988. The van der Waals surface area contributed by atoms with Gasteiger partial charge in [-0.2, -0.15) is 0 Å². The minimum absolute atomic E-state index is 0.115. The summed E-state index contributed by atoms with van der Waals surface area (Å²) in [5, 5.41) is 21.2. The van der Waals surface area contributed by atoms with Gasteiger partial charge in [0.2, 0.25) is 5.91 Å². The molecule has 4 unspecified atom stereocenters. The van der Waals surface area contributed by atoms with Crippen LogP contribution in [0.5, 0.6) is 0 Å². The molecule has 212 valence electrons. The highest BCUT2D eigenvalue weighted by Gasteiger charge is 2.63. The van der Waals surface area contributed by atoms with Crippen LogP contribution in [0.25, 0.3) is 0 Å². The van der Waals surface area contributed by atoms with Crippen LogP contribution >= 0.6 is 0 Å². The van der Waals surface area contributed by atoms with Crippen LogP contribution in [0.3, 0.4) is 0 Å². The maximum atomic E-state index is 14.2. The van der Waals surface area contributed by atoms with Crippen LogP contribution < -0.4 is 0 Å². The number of nitrogens with zero attached hydrogens (tertiary/aromatic N) is 3. The third-order valence-corrected chi connectivity index (χ3v) is 9.11. The second-order valence-electron chi connectivity index (χ2n) is 9.71. The highest BCUT2D eigenvalue weighted by atomic mass is 32.2. The van der Waals surface area contributed by atoms with E-state index in [9.17, 15) is 34.2 Å². The zero-order valence-corrected chi connectivity index (χ0v) is 23.4. The van der Waals surface area contributed by atoms with Crippen LogP contribution in [0.4, 0.5) is 5.69 Å². The lowest BCUT2D eigenvalue weighted by molar-refractivity contribution is -0.384. The summed E-state index contributed by atoms with van der Waals surface area (Å²) in [6, 6.07) is 11.3. The van der Waals surface area contributed by atoms with E-state index in [0.29, 0.717) is 18.7 Å². The van der Waals surface area contributed by atoms with E-state index in [-0.39, 0.29) is 39.3 Å². The van der Waals surface area contributed by atoms with Crippen LogP contribution in [-0.2, 0) is 32.1 Å². The van der Waals surface area contributed by atoms with E-state index in [2.05, 4.69) is 0 Å². The van der Waals surface area contributed by atoms with E-state index >= 15 is 0 Å². The van der Waals surface area contributed by atoms with E-state index in [4.69, 9.17) is 4.74 Å². The zero-order valence-electron chi connectivity index (χ0n) is 22.6. The molecule has 40 heavy (non-hydrogen) atoms. The Hall–Kier alpha value is -3.74. The molecule has 0 aromatic heterocycles. The van der Waals surface area contributed by atoms with Crippen LogP contribution in [-0.4, -0.2) is 67.4 Å². The minimum Gasteiger partial charge on any atom is -0.607 e. The van der Waals surface area contributed by atoms with E-state index in [1.807, 2.05) is 13.8 Å². The molecule has 12 heteroatoms. The summed E-state index contributed by atoms with van der Waals surface area (Å²) in [5.41, 5.74) is 0.438. The Kier molecular flexibility index (Phi) is 8.62. The Balaban J connectivity index is 1.72. The van der Waals surface area contributed by atoms with Crippen molar-refractivity contribution < 1.29 is 33.7 Å². The van der Waals surface area contributed by atoms with Crippen molar-refractivity contribution in [3.63, 3.8) is 0 Å². The van der Waals surface area contributed by atoms with Gasteiger partial charge >= 0.3 is 5.97 Å². The first-order valence-electron chi connectivity index (χ1n) is 13.0. The van der Waals surface area contributed by atoms with Gasteiger partial charge in [-0.3, -0.25) is 24.6 Å². The van der Waals surface area contributed by atoms with Gasteiger partial charge in [0.1, 0.15) is 6.61 Å². The van der Waals surface area contributed by atoms with Crippen molar-refractivity contribution in [3.05, 3.63) is 80.4 Å². The van der Waals surface area contributed by atoms with E-state index < -0.39 is 52.0 Å². The fourth-order valence-corrected chi connectivity index (χ4v) is 6.93. The Morgan fingerprint density at radius 2 is 1.77 bits per heavy atom. The molecule has 4 rings (SSSR count). The van der Waals surface area contributed by atoms with Crippen molar-refractivity contribution in [2.75, 3.05) is 13.1 Å². The van der Waals surface area contributed by atoms with E-state index in [1.165, 1.54) is 36.1 Å². The summed E-state index contributed by atoms with van der Waals surface area (Å²) < 4.78 is 19.7. The maximum Gasteiger partial charge on any atom is 0.360 e. The second kappa shape index (κ2) is 11.8. The van der Waals surface area contributed by atoms with E-state index in [0.717, 1.165) is 0 Å². The van der Waals surface area contributed by atoms with Gasteiger partial charge < -0.3 is 19.3 Å². The summed E-state index contributed by atoms with van der Waals surface area (Å²) in [5.74, 6) is -3.02. The minimum atomic E-state index is -2.01. The fraction of sp³-hybridized carbons (Fsp3) is 0.393. The summed E-state index contributed by atoms with van der Waals surface area (Å²) in [7, 11) is 0. The summed E-state index contributed by atoms with van der Waals surface area (Å²) in [6.45, 7) is 7.58. The maximum absolute atomic E-state index is 14.2. The number of hydrogen-bond donors (Lipinski definition) is 1. The number of nitro benzene ring substituents is 1. The molecular formula is C28H31N3O8S. The van der Waals surface area contributed by atoms with Crippen molar-refractivity contribution in [1.29, 1.82) is 0 Å². The fourth-order valence-electron chi connectivity index (χ4n) is 5.30. The molecule has 0 aliphatic carbocycles. The molecule has 5 atom stereocenters. The number of fused-ring (bicyclic) bond motifs is 1. The van der Waals surface area contributed by atoms with Crippen LogP contribution in [0.2, 0.25) is 0 Å². The summed E-state index contributed by atoms with van der Waals surface area (Å²) in [4.78, 5) is 53.4. The molecule has 1 fully saturated rings. The lowest BCUT2D eigenvalue weighted by Crippen LogP contribution is -2.63. The van der Waals surface area contributed by atoms with Gasteiger partial charge in [0.25, 0.3) is 11.6 Å². The molecule has 2 amide bonds. The lowest BCUT2D eigenvalue weighted by Gasteiger charge is -2.45. The molecule has 2 aromatic rings. The van der Waals surface area contributed by atoms with Crippen LogP contribution in [0, 0.1) is 22.0 Å². The van der Waals surface area contributed by atoms with Gasteiger partial charge in [0.05, 0.1) is 34.5 Å². The number of esters is 1. The number of nitro groups is 1. The number of carbonyl (C=O) groups is 3. The Labute approximate surface area is 234 Å².